The van der Waals surface area contributed by atoms with Gasteiger partial charge in [0.05, 0.1) is 18.3 Å². The lowest BCUT2D eigenvalue weighted by atomic mass is 10.1. The lowest BCUT2D eigenvalue weighted by Crippen LogP contribution is -2.49. The SMILES string of the molecule is C[C@@](CCn1ncc2cc(C#Cc3ccc(CO)cc3)ccc21)(C(=O)NO)S(C)(=O)=O. The number of nitrogens with zero attached hydrogens (tertiary/aromatic N) is 2. The van der Waals surface area contributed by atoms with Gasteiger partial charge in [-0.3, -0.25) is 14.7 Å². The number of hydrogen-bond acceptors (Lipinski definition) is 6. The molecule has 0 spiro atoms. The van der Waals surface area contributed by atoms with Crippen LogP contribution < -0.4 is 5.48 Å². The van der Waals surface area contributed by atoms with Crippen molar-refractivity contribution in [2.24, 2.45) is 0 Å². The molecular weight excluding hydrogens is 418 g/mol. The molecule has 3 aromatic rings. The van der Waals surface area contributed by atoms with Crippen LogP contribution in [0.1, 0.15) is 30.0 Å². The van der Waals surface area contributed by atoms with Crippen LogP contribution in [0, 0.1) is 11.8 Å². The molecule has 0 unspecified atom stereocenters. The number of rotatable bonds is 6. The number of aliphatic hydroxyl groups excluding tert-OH is 1. The predicted molar refractivity (Wildman–Crippen MR) is 116 cm³/mol. The number of aliphatic hydroxyl groups is 1. The molecule has 1 heterocycles. The number of amides is 1. The Balaban J connectivity index is 1.81. The Labute approximate surface area is 180 Å². The maximum atomic E-state index is 12.1. The van der Waals surface area contributed by atoms with Gasteiger partial charge < -0.3 is 5.11 Å². The third-order valence-electron chi connectivity index (χ3n) is 5.33. The second-order valence-corrected chi connectivity index (χ2v) is 9.89. The van der Waals surface area contributed by atoms with Crippen molar-refractivity contribution in [2.75, 3.05) is 6.26 Å². The summed E-state index contributed by atoms with van der Waals surface area (Å²) in [6.07, 6.45) is 2.56. The normalized spacial score (nSPS) is 13.3. The van der Waals surface area contributed by atoms with E-state index < -0.39 is 20.5 Å². The number of benzene rings is 2. The Kier molecular flexibility index (Phi) is 6.45. The molecule has 9 heteroatoms. The summed E-state index contributed by atoms with van der Waals surface area (Å²) in [6, 6.07) is 12.9. The number of fused-ring (bicyclic) bond motifs is 1. The fraction of sp³-hybridized carbons (Fsp3) is 0.273. The van der Waals surface area contributed by atoms with Crippen LogP contribution in [0.25, 0.3) is 10.9 Å². The molecule has 0 bridgehead atoms. The van der Waals surface area contributed by atoms with E-state index in [-0.39, 0.29) is 19.6 Å². The van der Waals surface area contributed by atoms with E-state index in [0.717, 1.165) is 33.8 Å². The summed E-state index contributed by atoms with van der Waals surface area (Å²) in [5.74, 6) is 5.18. The minimum absolute atomic E-state index is 0.0115. The highest BCUT2D eigenvalue weighted by atomic mass is 32.2. The lowest BCUT2D eigenvalue weighted by molar-refractivity contribution is -0.131. The van der Waals surface area contributed by atoms with Gasteiger partial charge in [0.2, 0.25) is 0 Å². The molecule has 162 valence electrons. The van der Waals surface area contributed by atoms with E-state index >= 15 is 0 Å². The summed E-state index contributed by atoms with van der Waals surface area (Å²) in [7, 11) is -3.77. The van der Waals surface area contributed by atoms with E-state index in [2.05, 4.69) is 16.9 Å². The summed E-state index contributed by atoms with van der Waals surface area (Å²) in [5, 5.41) is 23.2. The molecule has 0 aliphatic heterocycles. The highest BCUT2D eigenvalue weighted by molar-refractivity contribution is 7.92. The molecule has 1 amide bonds. The first-order valence-electron chi connectivity index (χ1n) is 9.49. The van der Waals surface area contributed by atoms with Crippen LogP contribution >= 0.6 is 0 Å². The van der Waals surface area contributed by atoms with Crippen molar-refractivity contribution >= 4 is 26.6 Å². The Hall–Kier alpha value is -3.19. The number of carbonyl (C=O) groups excluding carboxylic acids is 1. The number of carbonyl (C=O) groups is 1. The maximum Gasteiger partial charge on any atom is 0.264 e. The zero-order valence-corrected chi connectivity index (χ0v) is 18.0. The van der Waals surface area contributed by atoms with Gasteiger partial charge in [0, 0.05) is 29.3 Å². The third kappa shape index (κ3) is 4.77. The van der Waals surface area contributed by atoms with E-state index in [1.54, 1.807) is 10.9 Å². The van der Waals surface area contributed by atoms with Gasteiger partial charge in [0.25, 0.3) is 5.91 Å². The van der Waals surface area contributed by atoms with Gasteiger partial charge in [-0.25, -0.2) is 13.9 Å². The van der Waals surface area contributed by atoms with Gasteiger partial charge in [-0.05, 0) is 49.2 Å². The Bertz CT molecular complexity index is 1270. The zero-order chi connectivity index (χ0) is 22.6. The Morgan fingerprint density at radius 1 is 1.16 bits per heavy atom. The number of aromatic nitrogens is 2. The average Bonchev–Trinajstić information content (AvgIpc) is 3.17. The molecule has 8 nitrogen and oxygen atoms in total. The molecule has 3 rings (SSSR count). The van der Waals surface area contributed by atoms with Crippen LogP contribution in [-0.4, -0.2) is 45.4 Å². The van der Waals surface area contributed by atoms with Crippen LogP contribution in [0.2, 0.25) is 0 Å². The zero-order valence-electron chi connectivity index (χ0n) is 17.2. The van der Waals surface area contributed by atoms with Crippen molar-refractivity contribution in [3.05, 3.63) is 65.4 Å². The molecule has 1 aromatic heterocycles. The summed E-state index contributed by atoms with van der Waals surface area (Å²) in [5.41, 5.74) is 4.66. The van der Waals surface area contributed by atoms with Gasteiger partial charge in [-0.2, -0.15) is 5.10 Å². The molecule has 31 heavy (non-hydrogen) atoms. The Morgan fingerprint density at radius 2 is 1.81 bits per heavy atom. The number of nitrogens with one attached hydrogen (secondary N) is 1. The quantitative estimate of drug-likeness (QED) is 0.304. The topological polar surface area (TPSA) is 122 Å². The van der Waals surface area contributed by atoms with Crippen LogP contribution in [-0.2, 0) is 27.8 Å². The number of aryl methyl sites for hydroxylation is 1. The molecule has 0 aliphatic carbocycles. The summed E-state index contributed by atoms with van der Waals surface area (Å²) in [6.45, 7) is 1.44. The Morgan fingerprint density at radius 3 is 2.42 bits per heavy atom. The third-order valence-corrected chi connectivity index (χ3v) is 7.36. The molecule has 0 saturated heterocycles. The first kappa shape index (κ1) is 22.5. The molecule has 1 atom stereocenters. The maximum absolute atomic E-state index is 12.1. The van der Waals surface area contributed by atoms with Crippen LogP contribution in [0.3, 0.4) is 0 Å². The smallest absolute Gasteiger partial charge is 0.264 e. The molecule has 3 N–H and O–H groups in total. The average molecular weight is 442 g/mol. The van der Waals surface area contributed by atoms with Crippen molar-refractivity contribution in [3.8, 4) is 11.8 Å². The molecule has 0 aliphatic rings. The lowest BCUT2D eigenvalue weighted by Gasteiger charge is -2.25. The van der Waals surface area contributed by atoms with Gasteiger partial charge >= 0.3 is 0 Å². The van der Waals surface area contributed by atoms with E-state index in [1.165, 1.54) is 12.4 Å². The van der Waals surface area contributed by atoms with E-state index in [1.807, 2.05) is 42.5 Å². The van der Waals surface area contributed by atoms with Crippen molar-refractivity contribution in [2.45, 2.75) is 31.2 Å². The highest BCUT2D eigenvalue weighted by Crippen LogP contribution is 2.24. The highest BCUT2D eigenvalue weighted by Gasteiger charge is 2.43. The molecule has 2 aromatic carbocycles. The fourth-order valence-electron chi connectivity index (χ4n) is 3.09. The fourth-order valence-corrected chi connectivity index (χ4v) is 3.93. The minimum Gasteiger partial charge on any atom is -0.392 e. The van der Waals surface area contributed by atoms with Gasteiger partial charge in [-0.1, -0.05) is 24.0 Å². The second kappa shape index (κ2) is 8.89. The van der Waals surface area contributed by atoms with Crippen molar-refractivity contribution < 1.29 is 23.5 Å². The van der Waals surface area contributed by atoms with E-state index in [0.29, 0.717) is 0 Å². The molecular formula is C22H23N3O5S. The predicted octanol–water partition coefficient (Wildman–Crippen LogP) is 1.63. The first-order chi connectivity index (χ1) is 14.7. The summed E-state index contributed by atoms with van der Waals surface area (Å²) in [4.78, 5) is 12.0. The summed E-state index contributed by atoms with van der Waals surface area (Å²) < 4.78 is 24.1. The van der Waals surface area contributed by atoms with Crippen molar-refractivity contribution in [3.63, 3.8) is 0 Å². The standard InChI is InChI=1S/C22H23N3O5S/c1-22(21(27)24-28,31(2,29)30)11-12-25-20-10-9-17(13-19(20)14-23-25)6-3-16-4-7-18(15-26)8-5-16/h4-5,7-10,13-14,26,28H,11-12,15H2,1-2H3,(H,24,27)/t22-/m1/s1. The monoisotopic (exact) mass is 441 g/mol. The molecule has 0 saturated carbocycles. The van der Waals surface area contributed by atoms with E-state index in [4.69, 9.17) is 10.3 Å². The van der Waals surface area contributed by atoms with E-state index in [9.17, 15) is 13.2 Å². The van der Waals surface area contributed by atoms with Gasteiger partial charge in [0.1, 0.15) is 0 Å². The van der Waals surface area contributed by atoms with Gasteiger partial charge in [-0.15, -0.1) is 0 Å². The largest absolute Gasteiger partial charge is 0.392 e. The van der Waals surface area contributed by atoms with Gasteiger partial charge in [0.15, 0.2) is 14.6 Å². The van der Waals surface area contributed by atoms with Crippen LogP contribution in [0.5, 0.6) is 0 Å². The van der Waals surface area contributed by atoms with Crippen molar-refractivity contribution in [1.29, 1.82) is 0 Å². The molecule has 0 fully saturated rings. The second-order valence-electron chi connectivity index (χ2n) is 7.44. The number of sulfone groups is 1. The first-order valence-corrected chi connectivity index (χ1v) is 11.4. The van der Waals surface area contributed by atoms with Crippen molar-refractivity contribution in [1.82, 2.24) is 15.3 Å². The van der Waals surface area contributed by atoms with Crippen LogP contribution in [0.4, 0.5) is 0 Å². The minimum atomic E-state index is -3.77. The van der Waals surface area contributed by atoms with Crippen LogP contribution in [0.15, 0.2) is 48.7 Å². The number of hydrogen-bond donors (Lipinski definition) is 3. The summed E-state index contributed by atoms with van der Waals surface area (Å²) >= 11 is 0. The molecule has 0 radical (unpaired) electrons. The number of hydroxylamine groups is 1.